The van der Waals surface area contributed by atoms with Crippen molar-refractivity contribution in [3.05, 3.63) is 35.0 Å². The third kappa shape index (κ3) is 2.55. The Labute approximate surface area is 150 Å². The van der Waals surface area contributed by atoms with Gasteiger partial charge in [-0.15, -0.1) is 15.3 Å². The van der Waals surface area contributed by atoms with Gasteiger partial charge in [-0.2, -0.15) is 4.52 Å². The van der Waals surface area contributed by atoms with E-state index in [-0.39, 0.29) is 0 Å². The molecular weight excluding hydrogens is 334 g/mol. The van der Waals surface area contributed by atoms with Crippen LogP contribution in [0.2, 0.25) is 0 Å². The average Bonchev–Trinajstić information content (AvgIpc) is 3.18. The van der Waals surface area contributed by atoms with Gasteiger partial charge in [-0.1, -0.05) is 5.16 Å². The van der Waals surface area contributed by atoms with E-state index in [9.17, 15) is 0 Å². The molecule has 5 heterocycles. The molecule has 3 aromatic heterocycles. The average molecular weight is 355 g/mol. The number of rotatable bonds is 4. The molecule has 0 aromatic carbocycles. The summed E-state index contributed by atoms with van der Waals surface area (Å²) < 4.78 is 12.8. The van der Waals surface area contributed by atoms with Gasteiger partial charge in [0.1, 0.15) is 17.3 Å². The standard InChI is InChI=1S/C17H21N7O2/c1-11-18-19-16-3-4-17(20-24(11)16)23-7-12(8-23)22(2)9-14-13-10-25-6-5-15(13)26-21-14/h3-4,12H,5-10H2,1-2H3. The molecule has 1 saturated heterocycles. The summed E-state index contributed by atoms with van der Waals surface area (Å²) in [4.78, 5) is 4.59. The molecule has 0 spiro atoms. The van der Waals surface area contributed by atoms with E-state index in [2.05, 4.69) is 37.3 Å². The maximum Gasteiger partial charge on any atom is 0.178 e. The quantitative estimate of drug-likeness (QED) is 0.680. The minimum atomic E-state index is 0.464. The molecule has 0 unspecified atom stereocenters. The zero-order chi connectivity index (χ0) is 17.7. The van der Waals surface area contributed by atoms with Crippen molar-refractivity contribution in [1.82, 2.24) is 29.9 Å². The lowest BCUT2D eigenvalue weighted by atomic mass is 10.1. The first-order valence-electron chi connectivity index (χ1n) is 8.87. The Morgan fingerprint density at radius 2 is 2.15 bits per heavy atom. The Kier molecular flexibility index (Phi) is 3.64. The lowest BCUT2D eigenvalue weighted by Crippen LogP contribution is -2.58. The number of likely N-dealkylation sites (N-methyl/N-ethyl adjacent to an activating group) is 1. The summed E-state index contributed by atoms with van der Waals surface area (Å²) in [5, 5.41) is 17.0. The number of anilines is 1. The highest BCUT2D eigenvalue weighted by Gasteiger charge is 2.32. The summed E-state index contributed by atoms with van der Waals surface area (Å²) in [7, 11) is 2.13. The molecule has 5 rings (SSSR count). The highest BCUT2D eigenvalue weighted by atomic mass is 16.5. The van der Waals surface area contributed by atoms with Crippen LogP contribution in [0.15, 0.2) is 16.7 Å². The molecule has 2 aliphatic heterocycles. The van der Waals surface area contributed by atoms with Crippen LogP contribution in [0.5, 0.6) is 0 Å². The molecule has 3 aromatic rings. The minimum Gasteiger partial charge on any atom is -0.376 e. The molecule has 0 amide bonds. The smallest absolute Gasteiger partial charge is 0.178 e. The third-order valence-corrected chi connectivity index (χ3v) is 5.28. The third-order valence-electron chi connectivity index (χ3n) is 5.28. The van der Waals surface area contributed by atoms with Crippen molar-refractivity contribution in [2.75, 3.05) is 31.6 Å². The first-order valence-corrected chi connectivity index (χ1v) is 8.87. The summed E-state index contributed by atoms with van der Waals surface area (Å²) in [6.07, 6.45) is 0.819. The number of hydrogen-bond acceptors (Lipinski definition) is 8. The van der Waals surface area contributed by atoms with Crippen LogP contribution in [0.4, 0.5) is 5.82 Å². The van der Waals surface area contributed by atoms with Gasteiger partial charge in [0.05, 0.1) is 13.2 Å². The van der Waals surface area contributed by atoms with Crippen molar-refractivity contribution >= 4 is 11.5 Å². The summed E-state index contributed by atoms with van der Waals surface area (Å²) >= 11 is 0. The van der Waals surface area contributed by atoms with E-state index in [0.29, 0.717) is 12.6 Å². The van der Waals surface area contributed by atoms with Gasteiger partial charge in [0.25, 0.3) is 0 Å². The van der Waals surface area contributed by atoms with Crippen LogP contribution in [-0.4, -0.2) is 62.7 Å². The zero-order valence-electron chi connectivity index (χ0n) is 14.9. The van der Waals surface area contributed by atoms with E-state index >= 15 is 0 Å². The Hall–Kier alpha value is -2.52. The van der Waals surface area contributed by atoms with Gasteiger partial charge in [0.2, 0.25) is 0 Å². The van der Waals surface area contributed by atoms with Crippen molar-refractivity contribution in [3.63, 3.8) is 0 Å². The highest BCUT2D eigenvalue weighted by molar-refractivity contribution is 5.47. The fourth-order valence-electron chi connectivity index (χ4n) is 3.55. The van der Waals surface area contributed by atoms with Crippen LogP contribution in [0.3, 0.4) is 0 Å². The maximum atomic E-state index is 5.54. The van der Waals surface area contributed by atoms with Gasteiger partial charge >= 0.3 is 0 Å². The first-order chi connectivity index (χ1) is 12.7. The van der Waals surface area contributed by atoms with Crippen molar-refractivity contribution < 1.29 is 9.26 Å². The Balaban J connectivity index is 1.24. The van der Waals surface area contributed by atoms with Crippen LogP contribution < -0.4 is 4.90 Å². The normalized spacial score (nSPS) is 17.7. The highest BCUT2D eigenvalue weighted by Crippen LogP contribution is 2.25. The van der Waals surface area contributed by atoms with Gasteiger partial charge < -0.3 is 14.2 Å². The largest absolute Gasteiger partial charge is 0.376 e. The van der Waals surface area contributed by atoms with E-state index in [0.717, 1.165) is 67.0 Å². The summed E-state index contributed by atoms with van der Waals surface area (Å²) in [6, 6.07) is 4.43. The molecular formula is C17H21N7O2. The van der Waals surface area contributed by atoms with E-state index in [1.165, 1.54) is 0 Å². The second-order valence-electron chi connectivity index (χ2n) is 7.02. The molecule has 2 aliphatic rings. The molecule has 1 fully saturated rings. The van der Waals surface area contributed by atoms with E-state index in [1.807, 2.05) is 19.1 Å². The zero-order valence-corrected chi connectivity index (χ0v) is 14.9. The number of fused-ring (bicyclic) bond motifs is 2. The van der Waals surface area contributed by atoms with Gasteiger partial charge in [0, 0.05) is 37.7 Å². The van der Waals surface area contributed by atoms with E-state index in [1.54, 1.807) is 4.52 Å². The molecule has 0 radical (unpaired) electrons. The molecule has 0 aliphatic carbocycles. The van der Waals surface area contributed by atoms with Crippen LogP contribution in [0.1, 0.15) is 22.8 Å². The molecule has 0 atom stereocenters. The van der Waals surface area contributed by atoms with Gasteiger partial charge in [-0.3, -0.25) is 4.90 Å². The van der Waals surface area contributed by atoms with E-state index in [4.69, 9.17) is 9.26 Å². The van der Waals surface area contributed by atoms with Crippen molar-refractivity contribution in [2.45, 2.75) is 32.5 Å². The SMILES string of the molecule is Cc1nnc2ccc(N3CC(N(C)Cc4noc5c4COCC5)C3)nn12. The summed E-state index contributed by atoms with van der Waals surface area (Å²) in [5.41, 5.74) is 2.91. The second-order valence-corrected chi connectivity index (χ2v) is 7.02. The summed E-state index contributed by atoms with van der Waals surface area (Å²) in [5.74, 6) is 2.74. The molecule has 0 bridgehead atoms. The predicted octanol–water partition coefficient (Wildman–Crippen LogP) is 0.814. The fourth-order valence-corrected chi connectivity index (χ4v) is 3.55. The van der Waals surface area contributed by atoms with E-state index < -0.39 is 0 Å². The van der Waals surface area contributed by atoms with Crippen LogP contribution in [0, 0.1) is 6.92 Å². The number of ether oxygens (including phenoxy) is 1. The van der Waals surface area contributed by atoms with Gasteiger partial charge in [-0.25, -0.2) is 0 Å². The van der Waals surface area contributed by atoms with Gasteiger partial charge in [-0.05, 0) is 26.1 Å². The monoisotopic (exact) mass is 355 g/mol. The number of nitrogens with zero attached hydrogens (tertiary/aromatic N) is 7. The minimum absolute atomic E-state index is 0.464. The molecule has 9 heteroatoms. The Morgan fingerprint density at radius 3 is 3.04 bits per heavy atom. The van der Waals surface area contributed by atoms with Crippen LogP contribution in [0.25, 0.3) is 5.65 Å². The van der Waals surface area contributed by atoms with Gasteiger partial charge in [0.15, 0.2) is 11.5 Å². The molecule has 9 nitrogen and oxygen atoms in total. The number of aryl methyl sites for hydroxylation is 1. The molecule has 0 saturated carbocycles. The molecule has 136 valence electrons. The van der Waals surface area contributed by atoms with Crippen LogP contribution >= 0.6 is 0 Å². The van der Waals surface area contributed by atoms with Crippen molar-refractivity contribution in [1.29, 1.82) is 0 Å². The second kappa shape index (κ2) is 6.03. The van der Waals surface area contributed by atoms with Crippen LogP contribution in [-0.2, 0) is 24.3 Å². The molecule has 0 N–H and O–H groups in total. The lowest BCUT2D eigenvalue weighted by Gasteiger charge is -2.44. The first kappa shape index (κ1) is 15.7. The number of hydrogen-bond donors (Lipinski definition) is 0. The number of aromatic nitrogens is 5. The van der Waals surface area contributed by atoms with Crippen molar-refractivity contribution in [3.8, 4) is 0 Å². The topological polar surface area (TPSA) is 84.8 Å². The Morgan fingerprint density at radius 1 is 1.27 bits per heavy atom. The summed E-state index contributed by atoms with van der Waals surface area (Å²) in [6.45, 7) is 5.89. The molecule has 26 heavy (non-hydrogen) atoms. The predicted molar refractivity (Wildman–Crippen MR) is 92.9 cm³/mol. The lowest BCUT2D eigenvalue weighted by molar-refractivity contribution is 0.102. The maximum absolute atomic E-state index is 5.54. The fraction of sp³-hybridized carbons (Fsp3) is 0.529. The van der Waals surface area contributed by atoms with Crippen molar-refractivity contribution in [2.24, 2.45) is 0 Å². The Bertz CT molecular complexity index is 944.